The van der Waals surface area contributed by atoms with Gasteiger partial charge in [-0.2, -0.15) is 0 Å². The fourth-order valence-corrected chi connectivity index (χ4v) is 4.37. The fraction of sp³-hybridized carbons (Fsp3) is 0.500. The molecule has 0 nitrogen and oxygen atoms in total. The Morgan fingerprint density at radius 1 is 0.679 bits per heavy atom. The maximum absolute atomic E-state index is 2.34. The van der Waals surface area contributed by atoms with E-state index in [1.54, 1.807) is 0 Å². The van der Waals surface area contributed by atoms with E-state index in [2.05, 4.69) is 86.7 Å². The SMILES string of the molecule is CC.CC1CC=CCC(C)C1.c1ccc(C(c2ccccc2)C2CCC2)cc1. The summed E-state index contributed by atoms with van der Waals surface area (Å²) in [7, 11) is 0. The lowest BCUT2D eigenvalue weighted by Gasteiger charge is -2.34. The van der Waals surface area contributed by atoms with E-state index in [9.17, 15) is 0 Å². The summed E-state index contributed by atoms with van der Waals surface area (Å²) in [5.41, 5.74) is 2.95. The maximum Gasteiger partial charge on any atom is 0.0118 e. The lowest BCUT2D eigenvalue weighted by molar-refractivity contribution is 0.284. The Balaban J connectivity index is 0.000000216. The zero-order chi connectivity index (χ0) is 20.2. The van der Waals surface area contributed by atoms with Gasteiger partial charge < -0.3 is 0 Å². The molecule has 152 valence electrons. The predicted octanol–water partition coefficient (Wildman–Crippen LogP) is 8.64. The monoisotopic (exact) mass is 376 g/mol. The van der Waals surface area contributed by atoms with Crippen molar-refractivity contribution in [1.29, 1.82) is 0 Å². The second kappa shape index (κ2) is 12.6. The minimum absolute atomic E-state index is 0.603. The third kappa shape index (κ3) is 6.97. The number of benzene rings is 2. The first-order valence-electron chi connectivity index (χ1n) is 11.5. The van der Waals surface area contributed by atoms with Crippen LogP contribution in [-0.2, 0) is 0 Å². The highest BCUT2D eigenvalue weighted by atomic mass is 14.3. The highest BCUT2D eigenvalue weighted by molar-refractivity contribution is 5.33. The average molecular weight is 377 g/mol. The Labute approximate surface area is 174 Å². The van der Waals surface area contributed by atoms with Gasteiger partial charge in [-0.1, -0.05) is 107 Å². The molecule has 0 amide bonds. The molecule has 2 aromatic carbocycles. The van der Waals surface area contributed by atoms with Gasteiger partial charge in [0.15, 0.2) is 0 Å². The quantitative estimate of drug-likeness (QED) is 0.470. The number of hydrogen-bond acceptors (Lipinski definition) is 0. The van der Waals surface area contributed by atoms with Gasteiger partial charge in [-0.25, -0.2) is 0 Å². The molecule has 0 N–H and O–H groups in total. The van der Waals surface area contributed by atoms with Crippen molar-refractivity contribution in [3.8, 4) is 0 Å². The molecule has 0 aliphatic heterocycles. The Bertz CT molecular complexity index is 599. The molecule has 0 spiro atoms. The second-order valence-electron chi connectivity index (χ2n) is 8.38. The number of hydrogen-bond donors (Lipinski definition) is 0. The van der Waals surface area contributed by atoms with Gasteiger partial charge in [0.05, 0.1) is 0 Å². The molecule has 2 aliphatic rings. The van der Waals surface area contributed by atoms with Crippen LogP contribution in [0.2, 0.25) is 0 Å². The third-order valence-corrected chi connectivity index (χ3v) is 5.99. The summed E-state index contributed by atoms with van der Waals surface area (Å²) in [6.45, 7) is 8.68. The number of allylic oxidation sites excluding steroid dienone is 2. The van der Waals surface area contributed by atoms with Crippen LogP contribution in [0, 0.1) is 17.8 Å². The molecule has 2 aromatic rings. The highest BCUT2D eigenvalue weighted by Gasteiger charge is 2.29. The minimum Gasteiger partial charge on any atom is -0.0883 e. The lowest BCUT2D eigenvalue weighted by atomic mass is 9.70. The molecule has 4 rings (SSSR count). The van der Waals surface area contributed by atoms with E-state index in [1.165, 1.54) is 49.7 Å². The summed E-state index contributed by atoms with van der Waals surface area (Å²) >= 11 is 0. The molecule has 0 heteroatoms. The molecule has 0 radical (unpaired) electrons. The van der Waals surface area contributed by atoms with E-state index in [1.807, 2.05) is 13.8 Å². The van der Waals surface area contributed by atoms with E-state index in [4.69, 9.17) is 0 Å². The molecule has 28 heavy (non-hydrogen) atoms. The van der Waals surface area contributed by atoms with Crippen LogP contribution in [0.1, 0.15) is 83.3 Å². The van der Waals surface area contributed by atoms with Gasteiger partial charge in [0, 0.05) is 5.92 Å². The van der Waals surface area contributed by atoms with Crippen LogP contribution in [0.4, 0.5) is 0 Å². The van der Waals surface area contributed by atoms with Crippen LogP contribution in [0.25, 0.3) is 0 Å². The summed E-state index contributed by atoms with van der Waals surface area (Å²) in [5, 5.41) is 0. The molecule has 0 saturated heterocycles. The molecule has 0 heterocycles. The van der Waals surface area contributed by atoms with Gasteiger partial charge >= 0.3 is 0 Å². The first-order chi connectivity index (χ1) is 13.7. The summed E-state index contributed by atoms with van der Waals surface area (Å²) < 4.78 is 0. The molecule has 0 aromatic heterocycles. The van der Waals surface area contributed by atoms with Crippen LogP contribution in [0.15, 0.2) is 72.8 Å². The average Bonchev–Trinajstić information content (AvgIpc) is 2.90. The first-order valence-corrected chi connectivity index (χ1v) is 11.5. The van der Waals surface area contributed by atoms with Gasteiger partial charge in [-0.15, -0.1) is 0 Å². The van der Waals surface area contributed by atoms with Crippen LogP contribution < -0.4 is 0 Å². The van der Waals surface area contributed by atoms with Crippen LogP contribution in [0.5, 0.6) is 0 Å². The van der Waals surface area contributed by atoms with Crippen molar-refractivity contribution in [1.82, 2.24) is 0 Å². The van der Waals surface area contributed by atoms with Crippen molar-refractivity contribution >= 4 is 0 Å². The molecular formula is C28H40. The van der Waals surface area contributed by atoms with Crippen LogP contribution in [-0.4, -0.2) is 0 Å². The standard InChI is InChI=1S/C17H18.C9H16.C2H6/c1-3-8-14(9-4-1)17(16-12-7-13-16)15-10-5-2-6-11-15;1-8-5-3-4-6-9(2)7-8;1-2/h1-6,8-11,16-17H,7,12-13H2;3-4,8-9H,5-7H2,1-2H3;1-2H3. The van der Waals surface area contributed by atoms with E-state index >= 15 is 0 Å². The van der Waals surface area contributed by atoms with Crippen molar-refractivity contribution in [2.24, 2.45) is 17.8 Å². The van der Waals surface area contributed by atoms with Crippen molar-refractivity contribution in [2.75, 3.05) is 0 Å². The maximum atomic E-state index is 2.34. The lowest BCUT2D eigenvalue weighted by Crippen LogP contribution is -2.21. The van der Waals surface area contributed by atoms with Crippen molar-refractivity contribution in [2.45, 2.75) is 72.1 Å². The zero-order valence-corrected chi connectivity index (χ0v) is 18.5. The highest BCUT2D eigenvalue weighted by Crippen LogP contribution is 2.43. The fourth-order valence-electron chi connectivity index (χ4n) is 4.37. The summed E-state index contributed by atoms with van der Waals surface area (Å²) in [6, 6.07) is 21.9. The zero-order valence-electron chi connectivity index (χ0n) is 18.5. The summed E-state index contributed by atoms with van der Waals surface area (Å²) in [4.78, 5) is 0. The van der Waals surface area contributed by atoms with E-state index < -0.39 is 0 Å². The molecule has 2 unspecified atom stereocenters. The van der Waals surface area contributed by atoms with Gasteiger partial charge in [0.2, 0.25) is 0 Å². The normalized spacial score (nSPS) is 21.5. The molecular weight excluding hydrogens is 336 g/mol. The van der Waals surface area contributed by atoms with E-state index in [0.717, 1.165) is 17.8 Å². The van der Waals surface area contributed by atoms with Gasteiger partial charge in [-0.05, 0) is 61.0 Å². The van der Waals surface area contributed by atoms with Crippen molar-refractivity contribution in [3.63, 3.8) is 0 Å². The number of rotatable bonds is 3. The van der Waals surface area contributed by atoms with E-state index in [0.29, 0.717) is 5.92 Å². The molecule has 0 bridgehead atoms. The summed E-state index contributed by atoms with van der Waals surface area (Å²) in [5.74, 6) is 3.28. The Hall–Kier alpha value is -1.82. The van der Waals surface area contributed by atoms with E-state index in [-0.39, 0.29) is 0 Å². The third-order valence-electron chi connectivity index (χ3n) is 5.99. The first kappa shape index (κ1) is 22.5. The summed E-state index contributed by atoms with van der Waals surface area (Å²) in [6.07, 6.45) is 12.8. The molecule has 1 saturated carbocycles. The largest absolute Gasteiger partial charge is 0.0883 e. The Kier molecular flexibility index (Phi) is 10.1. The Morgan fingerprint density at radius 3 is 1.46 bits per heavy atom. The van der Waals surface area contributed by atoms with Gasteiger partial charge in [-0.3, -0.25) is 0 Å². The predicted molar refractivity (Wildman–Crippen MR) is 125 cm³/mol. The van der Waals surface area contributed by atoms with Gasteiger partial charge in [0.25, 0.3) is 0 Å². The van der Waals surface area contributed by atoms with Crippen molar-refractivity contribution < 1.29 is 0 Å². The van der Waals surface area contributed by atoms with Crippen LogP contribution >= 0.6 is 0 Å². The smallest absolute Gasteiger partial charge is 0.0118 e. The molecule has 2 aliphatic carbocycles. The molecule has 1 fully saturated rings. The van der Waals surface area contributed by atoms with Gasteiger partial charge in [0.1, 0.15) is 0 Å². The van der Waals surface area contributed by atoms with Crippen LogP contribution in [0.3, 0.4) is 0 Å². The Morgan fingerprint density at radius 2 is 1.11 bits per heavy atom. The topological polar surface area (TPSA) is 0 Å². The molecule has 2 atom stereocenters. The minimum atomic E-state index is 0.603. The van der Waals surface area contributed by atoms with Crippen molar-refractivity contribution in [3.05, 3.63) is 83.9 Å². The second-order valence-corrected chi connectivity index (χ2v) is 8.38.